The number of nitrogens with one attached hydrogen (secondary N) is 1. The average Bonchev–Trinajstić information content (AvgIpc) is 3.09. The third-order valence-corrected chi connectivity index (χ3v) is 9.23. The van der Waals surface area contributed by atoms with Gasteiger partial charge in [-0.2, -0.15) is 0 Å². The molecule has 0 aromatic heterocycles. The number of methoxy groups -OCH3 is 1. The van der Waals surface area contributed by atoms with Crippen LogP contribution in [0.4, 0.5) is 0 Å². The number of rotatable bonds is 7. The summed E-state index contributed by atoms with van der Waals surface area (Å²) < 4.78 is 11.0. The van der Waals surface area contributed by atoms with Crippen LogP contribution in [-0.2, 0) is 32.1 Å². The number of ether oxygens (including phenoxy) is 2. The van der Waals surface area contributed by atoms with Crippen molar-refractivity contribution in [3.8, 4) is 17.2 Å². The maximum absolute atomic E-state index is 13.6. The van der Waals surface area contributed by atoms with Crippen LogP contribution in [0.2, 0.25) is 0 Å². The van der Waals surface area contributed by atoms with Crippen LogP contribution in [0.5, 0.6) is 17.2 Å². The number of carbonyl (C=O) groups excluding carboxylic acids is 4. The Kier molecular flexibility index (Phi) is 11.7. The summed E-state index contributed by atoms with van der Waals surface area (Å²) in [6, 6.07) is 16.2. The summed E-state index contributed by atoms with van der Waals surface area (Å²) in [5.41, 5.74) is 2.99. The first-order valence-corrected chi connectivity index (χ1v) is 16.9. The molecule has 3 N–H and O–H groups in total. The molecule has 0 radical (unpaired) electrons. The number of nitrogens with zero attached hydrogens (tertiary/aromatic N) is 1. The van der Waals surface area contributed by atoms with Gasteiger partial charge in [0.25, 0.3) is 0 Å². The molecule has 0 spiro atoms. The van der Waals surface area contributed by atoms with E-state index in [2.05, 4.69) is 11.4 Å². The van der Waals surface area contributed by atoms with Crippen molar-refractivity contribution < 1.29 is 38.9 Å². The van der Waals surface area contributed by atoms with Crippen LogP contribution in [0.25, 0.3) is 6.08 Å². The zero-order valence-electron chi connectivity index (χ0n) is 28.1. The van der Waals surface area contributed by atoms with Crippen molar-refractivity contribution in [2.45, 2.75) is 76.9 Å². The minimum atomic E-state index is -0.901. The molecular formula is C39H44N2O8. The number of Topliss-reactive ketones (excluding diaryl/α,β-unsaturated/α-hetero) is 1. The zero-order chi connectivity index (χ0) is 34.9. The Labute approximate surface area is 286 Å². The highest BCUT2D eigenvalue weighted by Gasteiger charge is 2.31. The van der Waals surface area contributed by atoms with Gasteiger partial charge in [-0.3, -0.25) is 14.4 Å². The van der Waals surface area contributed by atoms with E-state index in [0.29, 0.717) is 62.9 Å². The number of carbonyl (C=O) groups is 4. The maximum atomic E-state index is 13.6. The molecule has 10 nitrogen and oxygen atoms in total. The summed E-state index contributed by atoms with van der Waals surface area (Å²) in [6.07, 6.45) is 6.51. The van der Waals surface area contributed by atoms with Gasteiger partial charge in [0.05, 0.1) is 19.8 Å². The predicted octanol–water partition coefficient (Wildman–Crippen LogP) is 5.81. The number of fused-ring (bicyclic) bond motifs is 2. The van der Waals surface area contributed by atoms with E-state index in [9.17, 15) is 29.4 Å². The summed E-state index contributed by atoms with van der Waals surface area (Å²) in [5.74, 6) is -2.43. The number of phenolic OH excluding ortho intramolecular Hbond substituents is 2. The summed E-state index contributed by atoms with van der Waals surface area (Å²) in [6.45, 7) is 2.55. The van der Waals surface area contributed by atoms with Crippen molar-refractivity contribution in [3.05, 3.63) is 94.1 Å². The van der Waals surface area contributed by atoms with Crippen molar-refractivity contribution in [2.75, 3.05) is 20.2 Å². The normalized spacial score (nSPS) is 17.6. The second-order valence-electron chi connectivity index (χ2n) is 12.7. The summed E-state index contributed by atoms with van der Waals surface area (Å²) in [7, 11) is 1.53. The standard InChI is InChI=1S/C39H44N2O8/c1-25-9-8-14-30(42)13-5-3-4-11-28-21-33(43)37(38(46)36(28)39(47)49-25)32(27-15-17-31(48-2)18-16-27)22-34(44)40-23-35(45)41-20-19-26-10-6-7-12-29(26)24-41/h4,6-7,10-12,15-18,21,25,32,43,46H,3,5,8-9,13-14,19-20,22-24H2,1-2H3,(H,40,44)/t25-,32?/m0/s1. The molecule has 0 saturated heterocycles. The summed E-state index contributed by atoms with van der Waals surface area (Å²) in [4.78, 5) is 54.1. The number of ketones is 1. The van der Waals surface area contributed by atoms with Crippen LogP contribution in [-0.4, -0.2) is 65.0 Å². The Bertz CT molecular complexity index is 1710. The monoisotopic (exact) mass is 668 g/mol. The molecule has 3 aromatic rings. The van der Waals surface area contributed by atoms with Gasteiger partial charge in [-0.25, -0.2) is 4.79 Å². The van der Waals surface area contributed by atoms with Gasteiger partial charge < -0.3 is 29.9 Å². The molecule has 10 heteroatoms. The zero-order valence-corrected chi connectivity index (χ0v) is 28.1. The van der Waals surface area contributed by atoms with Gasteiger partial charge in [0.1, 0.15) is 28.6 Å². The average molecular weight is 669 g/mol. The van der Waals surface area contributed by atoms with Crippen molar-refractivity contribution in [1.82, 2.24) is 10.2 Å². The SMILES string of the molecule is COc1ccc(C(CC(=O)NCC(=O)N2CCc3ccccc3C2)c2c(O)cc3c(c2O)C(=O)O[C@@H](C)CCCC(=O)CCCC=C3)cc1. The van der Waals surface area contributed by atoms with Crippen molar-refractivity contribution in [1.29, 1.82) is 0 Å². The Morgan fingerprint density at radius 2 is 1.76 bits per heavy atom. The molecule has 2 atom stereocenters. The molecule has 2 amide bonds. The van der Waals surface area contributed by atoms with Gasteiger partial charge in [0, 0.05) is 43.8 Å². The first-order chi connectivity index (χ1) is 23.6. The van der Waals surface area contributed by atoms with Crippen molar-refractivity contribution >= 4 is 29.6 Å². The molecule has 1 unspecified atom stereocenters. The molecule has 2 aliphatic rings. The molecule has 3 aromatic carbocycles. The lowest BCUT2D eigenvalue weighted by Gasteiger charge is -2.29. The molecule has 0 bridgehead atoms. The number of phenols is 2. The van der Waals surface area contributed by atoms with E-state index < -0.39 is 29.6 Å². The molecule has 2 aliphatic heterocycles. The van der Waals surface area contributed by atoms with E-state index in [1.54, 1.807) is 48.2 Å². The minimum absolute atomic E-state index is 0.0113. The quantitative estimate of drug-likeness (QED) is 0.268. The second-order valence-corrected chi connectivity index (χ2v) is 12.7. The number of hydrogen-bond donors (Lipinski definition) is 3. The van der Waals surface area contributed by atoms with E-state index in [4.69, 9.17) is 9.47 Å². The van der Waals surface area contributed by atoms with E-state index >= 15 is 0 Å². The smallest absolute Gasteiger partial charge is 0.342 e. The second kappa shape index (κ2) is 16.3. The number of cyclic esters (lactones) is 1. The highest BCUT2D eigenvalue weighted by Crippen LogP contribution is 2.44. The van der Waals surface area contributed by atoms with E-state index in [-0.39, 0.29) is 47.1 Å². The lowest BCUT2D eigenvalue weighted by atomic mass is 9.84. The van der Waals surface area contributed by atoms with E-state index in [1.165, 1.54) is 18.7 Å². The third kappa shape index (κ3) is 8.87. The number of benzene rings is 3. The fourth-order valence-electron chi connectivity index (χ4n) is 6.49. The number of amides is 2. The first kappa shape index (κ1) is 35.2. The largest absolute Gasteiger partial charge is 0.507 e. The van der Waals surface area contributed by atoms with Crippen molar-refractivity contribution in [3.63, 3.8) is 0 Å². The van der Waals surface area contributed by atoms with E-state index in [1.807, 2.05) is 18.2 Å². The van der Waals surface area contributed by atoms with Gasteiger partial charge >= 0.3 is 5.97 Å². The predicted molar refractivity (Wildman–Crippen MR) is 184 cm³/mol. The maximum Gasteiger partial charge on any atom is 0.342 e. The number of aromatic hydroxyl groups is 2. The number of hydrogen-bond acceptors (Lipinski definition) is 8. The molecule has 258 valence electrons. The highest BCUT2D eigenvalue weighted by molar-refractivity contribution is 5.98. The van der Waals surface area contributed by atoms with Gasteiger partial charge in [0.15, 0.2) is 0 Å². The molecule has 2 heterocycles. The summed E-state index contributed by atoms with van der Waals surface area (Å²) >= 11 is 0. The van der Waals surface area contributed by atoms with Crippen LogP contribution in [0.15, 0.2) is 60.7 Å². The molecule has 49 heavy (non-hydrogen) atoms. The van der Waals surface area contributed by atoms with Crippen LogP contribution in [0.1, 0.15) is 96.0 Å². The lowest BCUT2D eigenvalue weighted by molar-refractivity contribution is -0.133. The van der Waals surface area contributed by atoms with Crippen LogP contribution in [0, 0.1) is 0 Å². The fourth-order valence-corrected chi connectivity index (χ4v) is 6.49. The van der Waals surface area contributed by atoms with Crippen molar-refractivity contribution in [2.24, 2.45) is 0 Å². The van der Waals surface area contributed by atoms with Gasteiger partial charge in [-0.05, 0) is 79.5 Å². The molecule has 5 rings (SSSR count). The van der Waals surface area contributed by atoms with Gasteiger partial charge in [-0.15, -0.1) is 0 Å². The molecule has 0 aliphatic carbocycles. The highest BCUT2D eigenvalue weighted by atomic mass is 16.5. The Morgan fingerprint density at radius 3 is 2.51 bits per heavy atom. The minimum Gasteiger partial charge on any atom is -0.507 e. The van der Waals surface area contributed by atoms with Gasteiger partial charge in [-0.1, -0.05) is 48.6 Å². The van der Waals surface area contributed by atoms with Crippen LogP contribution < -0.4 is 10.1 Å². The fraction of sp³-hybridized carbons (Fsp3) is 0.385. The summed E-state index contributed by atoms with van der Waals surface area (Å²) in [5, 5.41) is 25.9. The Morgan fingerprint density at radius 1 is 1.02 bits per heavy atom. The van der Waals surface area contributed by atoms with Crippen LogP contribution in [0.3, 0.4) is 0 Å². The topological polar surface area (TPSA) is 142 Å². The first-order valence-electron chi connectivity index (χ1n) is 16.9. The Balaban J connectivity index is 1.43. The lowest BCUT2D eigenvalue weighted by Crippen LogP contribution is -2.42. The molecule has 0 saturated carbocycles. The third-order valence-electron chi connectivity index (χ3n) is 9.23. The Hall–Kier alpha value is -5.12. The van der Waals surface area contributed by atoms with Crippen LogP contribution >= 0.6 is 0 Å². The number of allylic oxidation sites excluding steroid dienone is 1. The van der Waals surface area contributed by atoms with Gasteiger partial charge in [0.2, 0.25) is 11.8 Å². The number of esters is 1. The van der Waals surface area contributed by atoms with E-state index in [0.717, 1.165) is 12.0 Å². The molecule has 0 fully saturated rings. The molecular weight excluding hydrogens is 624 g/mol.